The predicted molar refractivity (Wildman–Crippen MR) is 76.4 cm³/mol. The number of hydrogen-bond donors (Lipinski definition) is 0. The van der Waals surface area contributed by atoms with Crippen molar-refractivity contribution in [3.8, 4) is 5.88 Å². The topological polar surface area (TPSA) is 39.4 Å². The molecule has 4 nitrogen and oxygen atoms in total. The van der Waals surface area contributed by atoms with Gasteiger partial charge in [-0.25, -0.2) is 9.98 Å². The van der Waals surface area contributed by atoms with Crippen molar-refractivity contribution in [3.63, 3.8) is 0 Å². The van der Waals surface area contributed by atoms with E-state index < -0.39 is 11.9 Å². The highest BCUT2D eigenvalue weighted by Gasteiger charge is 2.33. The Kier molecular flexibility index (Phi) is 4.67. The number of halogens is 5. The summed E-state index contributed by atoms with van der Waals surface area (Å²) in [6.07, 6.45) is -4.62. The monoisotopic (exact) mass is 351 g/mol. The Balaban J connectivity index is 2.73. The Morgan fingerprint density at radius 3 is 2.55 bits per heavy atom. The first kappa shape index (κ1) is 16.6. The van der Waals surface area contributed by atoms with Crippen molar-refractivity contribution in [1.29, 1.82) is 0 Å². The number of methoxy groups -OCH3 is 1. The summed E-state index contributed by atoms with van der Waals surface area (Å²) < 4.78 is 44.8. The molecule has 0 bridgehead atoms. The lowest BCUT2D eigenvalue weighted by Gasteiger charge is -2.12. The number of ether oxygens (including phenoxy) is 1. The van der Waals surface area contributed by atoms with Crippen molar-refractivity contribution in [2.24, 2.45) is 12.0 Å². The molecular formula is C13H10Cl2F3N3O. The lowest BCUT2D eigenvalue weighted by molar-refractivity contribution is -0.141. The second-order valence-corrected chi connectivity index (χ2v) is 5.01. The number of rotatable bonds is 2. The Morgan fingerprint density at radius 1 is 1.27 bits per heavy atom. The van der Waals surface area contributed by atoms with Gasteiger partial charge in [0, 0.05) is 13.1 Å². The first-order valence-corrected chi connectivity index (χ1v) is 6.67. The van der Waals surface area contributed by atoms with Gasteiger partial charge in [0.05, 0.1) is 22.8 Å². The van der Waals surface area contributed by atoms with E-state index in [4.69, 9.17) is 27.9 Å². The van der Waals surface area contributed by atoms with Crippen LogP contribution in [0, 0.1) is 0 Å². The van der Waals surface area contributed by atoms with Crippen molar-refractivity contribution in [2.75, 3.05) is 7.11 Å². The molecular weight excluding hydrogens is 342 g/mol. The zero-order valence-electron chi connectivity index (χ0n) is 11.4. The van der Waals surface area contributed by atoms with E-state index in [9.17, 15) is 13.2 Å². The maximum Gasteiger partial charge on any atom is 0.433 e. The predicted octanol–water partition coefficient (Wildman–Crippen LogP) is 3.99. The zero-order valence-corrected chi connectivity index (χ0v) is 13.0. The van der Waals surface area contributed by atoms with E-state index in [1.54, 1.807) is 12.1 Å². The van der Waals surface area contributed by atoms with Gasteiger partial charge >= 0.3 is 6.18 Å². The highest BCUT2D eigenvalue weighted by Crippen LogP contribution is 2.32. The average molecular weight is 352 g/mol. The van der Waals surface area contributed by atoms with Gasteiger partial charge in [-0.15, -0.1) is 0 Å². The summed E-state index contributed by atoms with van der Waals surface area (Å²) in [5, 5.41) is 0.367. The van der Waals surface area contributed by atoms with Crippen molar-refractivity contribution in [2.45, 2.75) is 6.18 Å². The Morgan fingerprint density at radius 2 is 1.95 bits per heavy atom. The number of alkyl halides is 3. The van der Waals surface area contributed by atoms with Crippen LogP contribution in [-0.2, 0) is 13.2 Å². The van der Waals surface area contributed by atoms with Crippen molar-refractivity contribution in [3.05, 3.63) is 45.6 Å². The molecule has 0 radical (unpaired) electrons. The summed E-state index contributed by atoms with van der Waals surface area (Å²) in [5.41, 5.74) is -1.12. The standard InChI is InChI=1S/C13H10Cl2F3N3O/c1-21-10(22-2)6-9(13(16,17)18)20-12(21)19-8-5-3-4-7(14)11(8)15/h3-6H,1-2H3. The third-order valence-corrected chi connectivity index (χ3v) is 3.57. The fourth-order valence-electron chi connectivity index (χ4n) is 1.65. The molecule has 0 saturated carbocycles. The number of aromatic nitrogens is 2. The molecule has 0 unspecified atom stereocenters. The molecule has 0 aliphatic rings. The van der Waals surface area contributed by atoms with Crippen LogP contribution in [0.1, 0.15) is 5.69 Å². The lowest BCUT2D eigenvalue weighted by Crippen LogP contribution is -2.27. The molecule has 1 heterocycles. The van der Waals surface area contributed by atoms with E-state index in [-0.39, 0.29) is 27.2 Å². The molecule has 2 aromatic rings. The SMILES string of the molecule is COc1cc(C(F)(F)F)nc(=Nc2cccc(Cl)c2Cl)n1C. The Hall–Kier alpha value is -1.73. The highest BCUT2D eigenvalue weighted by atomic mass is 35.5. The maximum absolute atomic E-state index is 12.9. The molecule has 0 aliphatic heterocycles. The van der Waals surface area contributed by atoms with Gasteiger partial charge in [0.15, 0.2) is 11.6 Å². The lowest BCUT2D eigenvalue weighted by atomic mass is 10.3. The van der Waals surface area contributed by atoms with Crippen molar-refractivity contribution < 1.29 is 17.9 Å². The van der Waals surface area contributed by atoms with Crippen LogP contribution < -0.4 is 10.4 Å². The fraction of sp³-hybridized carbons (Fsp3) is 0.231. The van der Waals surface area contributed by atoms with Crippen molar-refractivity contribution >= 4 is 28.9 Å². The average Bonchev–Trinajstić information content (AvgIpc) is 2.44. The van der Waals surface area contributed by atoms with E-state index >= 15 is 0 Å². The van der Waals surface area contributed by atoms with Gasteiger partial charge in [-0.2, -0.15) is 13.2 Å². The molecule has 0 N–H and O–H groups in total. The summed E-state index contributed by atoms with van der Waals surface area (Å²) in [7, 11) is 2.73. The summed E-state index contributed by atoms with van der Waals surface area (Å²) in [5.74, 6) is -0.0424. The highest BCUT2D eigenvalue weighted by molar-refractivity contribution is 6.43. The normalized spacial score (nSPS) is 12.6. The molecule has 0 fully saturated rings. The van der Waals surface area contributed by atoms with E-state index in [1.165, 1.54) is 24.8 Å². The molecule has 2 rings (SSSR count). The summed E-state index contributed by atoms with van der Waals surface area (Å²) in [4.78, 5) is 7.55. The van der Waals surface area contributed by atoms with Crippen LogP contribution in [0.3, 0.4) is 0 Å². The number of hydrogen-bond acceptors (Lipinski definition) is 3. The van der Waals surface area contributed by atoms with Gasteiger partial charge in [-0.1, -0.05) is 29.3 Å². The molecule has 0 spiro atoms. The van der Waals surface area contributed by atoms with E-state index in [0.29, 0.717) is 0 Å². The van der Waals surface area contributed by atoms with Gasteiger partial charge in [-0.05, 0) is 12.1 Å². The molecule has 0 atom stereocenters. The van der Waals surface area contributed by atoms with Crippen LogP contribution in [0.25, 0.3) is 0 Å². The third-order valence-electron chi connectivity index (χ3n) is 2.76. The molecule has 9 heteroatoms. The molecule has 1 aromatic heterocycles. The van der Waals surface area contributed by atoms with Gasteiger partial charge < -0.3 is 4.74 Å². The van der Waals surface area contributed by atoms with Crippen LogP contribution in [-0.4, -0.2) is 16.7 Å². The van der Waals surface area contributed by atoms with Gasteiger partial charge in [0.25, 0.3) is 0 Å². The summed E-state index contributed by atoms with van der Waals surface area (Å²) >= 11 is 11.8. The van der Waals surface area contributed by atoms with Crippen LogP contribution in [0.5, 0.6) is 5.88 Å². The minimum absolute atomic E-state index is 0.0424. The zero-order chi connectivity index (χ0) is 16.5. The molecule has 0 saturated heterocycles. The quantitative estimate of drug-likeness (QED) is 0.820. The van der Waals surface area contributed by atoms with Crippen LogP contribution in [0.15, 0.2) is 29.3 Å². The molecule has 0 aliphatic carbocycles. The number of nitrogens with zero attached hydrogens (tertiary/aromatic N) is 3. The summed E-state index contributed by atoms with van der Waals surface area (Å²) in [6, 6.07) is 5.43. The minimum Gasteiger partial charge on any atom is -0.482 e. The van der Waals surface area contributed by atoms with Gasteiger partial charge in [0.2, 0.25) is 5.62 Å². The van der Waals surface area contributed by atoms with Gasteiger partial charge in [0.1, 0.15) is 0 Å². The molecule has 1 aromatic carbocycles. The van der Waals surface area contributed by atoms with E-state index in [1.807, 2.05) is 0 Å². The molecule has 22 heavy (non-hydrogen) atoms. The largest absolute Gasteiger partial charge is 0.482 e. The van der Waals surface area contributed by atoms with Gasteiger partial charge in [-0.3, -0.25) is 4.57 Å². The molecule has 0 amide bonds. The van der Waals surface area contributed by atoms with Crippen molar-refractivity contribution in [1.82, 2.24) is 9.55 Å². The Bertz CT molecular complexity index is 772. The third kappa shape index (κ3) is 3.36. The van der Waals surface area contributed by atoms with E-state index in [0.717, 1.165) is 6.07 Å². The fourth-order valence-corrected chi connectivity index (χ4v) is 1.99. The second kappa shape index (κ2) is 6.18. The first-order valence-electron chi connectivity index (χ1n) is 5.92. The van der Waals surface area contributed by atoms with Crippen LogP contribution in [0.4, 0.5) is 18.9 Å². The smallest absolute Gasteiger partial charge is 0.433 e. The van der Waals surface area contributed by atoms with Crippen LogP contribution in [0.2, 0.25) is 10.0 Å². The summed E-state index contributed by atoms with van der Waals surface area (Å²) in [6.45, 7) is 0. The number of benzene rings is 1. The maximum atomic E-state index is 12.9. The first-order chi connectivity index (χ1) is 10.2. The van der Waals surface area contributed by atoms with E-state index in [2.05, 4.69) is 9.98 Å². The molecule has 118 valence electrons. The Labute approximate surface area is 133 Å². The second-order valence-electron chi connectivity index (χ2n) is 4.23. The minimum atomic E-state index is -4.62. The van der Waals surface area contributed by atoms with Crippen LogP contribution >= 0.6 is 23.2 Å².